The van der Waals surface area contributed by atoms with Crippen molar-refractivity contribution in [2.45, 2.75) is 44.4 Å². The van der Waals surface area contributed by atoms with Gasteiger partial charge in [-0.1, -0.05) is 24.3 Å². The van der Waals surface area contributed by atoms with E-state index in [2.05, 4.69) is 30.9 Å². The minimum absolute atomic E-state index is 0.00575. The van der Waals surface area contributed by atoms with Crippen molar-refractivity contribution in [3.8, 4) is 12.0 Å². The number of fused-ring (bicyclic) bond motifs is 1. The highest BCUT2D eigenvalue weighted by molar-refractivity contribution is 7.99. The Balaban J connectivity index is 1.54. The number of methoxy groups -OCH3 is 1. The van der Waals surface area contributed by atoms with E-state index in [1.807, 2.05) is 0 Å². The van der Waals surface area contributed by atoms with Gasteiger partial charge in [0.1, 0.15) is 25.2 Å². The van der Waals surface area contributed by atoms with Gasteiger partial charge in [-0.25, -0.2) is 0 Å². The summed E-state index contributed by atoms with van der Waals surface area (Å²) in [5.41, 5.74) is 13.3. The second-order valence-electron chi connectivity index (χ2n) is 11.5. The monoisotopic (exact) mass is 763 g/mol. The van der Waals surface area contributed by atoms with Crippen LogP contribution in [0.15, 0.2) is 24.3 Å². The summed E-state index contributed by atoms with van der Waals surface area (Å²) >= 11 is 0.945. The number of thioether (sulfide) groups is 1. The van der Waals surface area contributed by atoms with Gasteiger partial charge in [-0.15, -0.1) is 0 Å². The lowest BCUT2D eigenvalue weighted by Gasteiger charge is -2.19. The molecule has 288 valence electrons. The number of amides is 3. The number of benzene rings is 1. The number of hydrogen-bond acceptors (Lipinski definition) is 15. The van der Waals surface area contributed by atoms with Gasteiger partial charge >= 0.3 is 23.9 Å². The van der Waals surface area contributed by atoms with Crippen LogP contribution in [0.4, 0.5) is 5.82 Å². The average Bonchev–Trinajstić information content (AvgIpc) is 3.42. The van der Waals surface area contributed by atoms with Crippen molar-refractivity contribution in [1.82, 2.24) is 35.5 Å². The van der Waals surface area contributed by atoms with Gasteiger partial charge in [-0.2, -0.15) is 26.7 Å². The molecular formula is C31H41N9O12S. The first kappa shape index (κ1) is 41.7. The molecule has 22 heteroatoms. The van der Waals surface area contributed by atoms with Crippen LogP contribution in [0.3, 0.4) is 0 Å². The van der Waals surface area contributed by atoms with Crippen molar-refractivity contribution in [3.05, 3.63) is 35.4 Å². The van der Waals surface area contributed by atoms with Crippen LogP contribution in [0.2, 0.25) is 0 Å². The summed E-state index contributed by atoms with van der Waals surface area (Å²) in [7, 11) is 1.52. The van der Waals surface area contributed by atoms with Crippen LogP contribution in [-0.4, -0.2) is 126 Å². The molecule has 3 amide bonds. The quantitative estimate of drug-likeness (QED) is 0.0496. The van der Waals surface area contributed by atoms with Gasteiger partial charge in [-0.05, 0) is 17.5 Å². The maximum absolute atomic E-state index is 12.7. The number of carbonyl (C=O) groups is 6. The Bertz CT molecular complexity index is 1770. The van der Waals surface area contributed by atoms with Gasteiger partial charge in [0.2, 0.25) is 17.7 Å². The molecule has 0 aliphatic carbocycles. The summed E-state index contributed by atoms with van der Waals surface area (Å²) < 4.78 is 11.8. The van der Waals surface area contributed by atoms with E-state index in [1.165, 1.54) is 11.7 Å². The van der Waals surface area contributed by atoms with Crippen LogP contribution in [0, 0.1) is 5.92 Å². The Hall–Kier alpha value is -5.74. The van der Waals surface area contributed by atoms with Gasteiger partial charge in [-0.3, -0.25) is 33.3 Å². The molecule has 3 atom stereocenters. The predicted octanol–water partition coefficient (Wildman–Crippen LogP) is -1.49. The number of carboxylic acids is 3. The lowest BCUT2D eigenvalue weighted by atomic mass is 10.1. The summed E-state index contributed by atoms with van der Waals surface area (Å²) in [5.74, 6) is -7.49. The Morgan fingerprint density at radius 1 is 0.925 bits per heavy atom. The summed E-state index contributed by atoms with van der Waals surface area (Å²) in [6.07, 6.45) is -0.945. The van der Waals surface area contributed by atoms with Crippen LogP contribution in [0.5, 0.6) is 12.0 Å². The standard InChI is InChI=1S/C31H41N9O12S/c1-51-8-9-52-30-38-25(33)24-26(39-30)40(31(50)37-24)13-17-4-2-16(3-5-17)11-34-22(42)10-18(28(46)47)14-53-15-20(27(45)35-12-23(43)44)36-21(41)7-6-19(32)29(48)49/h2-5,18-20H,6-15,32H2,1H3,(H,34,42)(H,35,45)(H,36,41)(H,37,50)(H,43,44)(H,46,47)(H,48,49)(H2,33,38,39). The molecule has 0 bridgehead atoms. The third-order valence-corrected chi connectivity index (χ3v) is 8.61. The lowest BCUT2D eigenvalue weighted by molar-refractivity contribution is -0.143. The minimum atomic E-state index is -1.33. The van der Waals surface area contributed by atoms with Gasteiger partial charge < -0.3 is 57.3 Å². The Labute approximate surface area is 305 Å². The molecule has 0 spiro atoms. The van der Waals surface area contributed by atoms with E-state index in [4.69, 9.17) is 31.2 Å². The molecular weight excluding hydrogens is 722 g/mol. The number of aromatic hydroxyl groups is 1. The molecule has 11 N–H and O–H groups in total. The Morgan fingerprint density at radius 2 is 1.62 bits per heavy atom. The zero-order valence-electron chi connectivity index (χ0n) is 28.5. The zero-order valence-corrected chi connectivity index (χ0v) is 29.3. The van der Waals surface area contributed by atoms with Gasteiger partial charge in [0.15, 0.2) is 17.0 Å². The van der Waals surface area contributed by atoms with E-state index in [1.54, 1.807) is 24.3 Å². The van der Waals surface area contributed by atoms with E-state index >= 15 is 0 Å². The first-order valence-corrected chi connectivity index (χ1v) is 17.1. The van der Waals surface area contributed by atoms with E-state index in [9.17, 15) is 39.0 Å². The molecule has 0 radical (unpaired) electrons. The van der Waals surface area contributed by atoms with Crippen molar-refractivity contribution in [2.75, 3.05) is 44.1 Å². The predicted molar refractivity (Wildman–Crippen MR) is 187 cm³/mol. The number of hydrogen-bond donors (Lipinski definition) is 9. The van der Waals surface area contributed by atoms with E-state index < -0.39 is 66.6 Å². The maximum Gasteiger partial charge on any atom is 0.322 e. The number of nitrogens with one attached hydrogen (secondary N) is 3. The molecule has 3 aromatic rings. The fraction of sp³-hybridized carbons (Fsp3) is 0.452. The molecule has 0 saturated carbocycles. The number of aromatic nitrogens is 4. The number of nitrogens with two attached hydrogens (primary N) is 2. The maximum atomic E-state index is 12.7. The number of aliphatic carboxylic acids is 3. The van der Waals surface area contributed by atoms with Crippen molar-refractivity contribution in [1.29, 1.82) is 0 Å². The van der Waals surface area contributed by atoms with Crippen LogP contribution in [0.1, 0.15) is 30.4 Å². The molecule has 3 rings (SSSR count). The molecule has 0 saturated heterocycles. The fourth-order valence-corrected chi connectivity index (χ4v) is 5.70. The molecule has 1 aromatic carbocycles. The number of rotatable bonds is 23. The highest BCUT2D eigenvalue weighted by Crippen LogP contribution is 2.26. The van der Waals surface area contributed by atoms with Crippen LogP contribution in [0.25, 0.3) is 11.2 Å². The second kappa shape index (κ2) is 20.3. The zero-order chi connectivity index (χ0) is 39.1. The average molecular weight is 764 g/mol. The second-order valence-corrected chi connectivity index (χ2v) is 12.6. The highest BCUT2D eigenvalue weighted by Gasteiger charge is 2.26. The van der Waals surface area contributed by atoms with Gasteiger partial charge in [0.05, 0.1) is 19.1 Å². The van der Waals surface area contributed by atoms with Crippen LogP contribution < -0.4 is 32.2 Å². The summed E-state index contributed by atoms with van der Waals surface area (Å²) in [6.45, 7) is -0.00894. The first-order valence-electron chi connectivity index (χ1n) is 15.9. The van der Waals surface area contributed by atoms with Gasteiger partial charge in [0, 0.05) is 38.0 Å². The molecule has 0 aliphatic rings. The van der Waals surface area contributed by atoms with Crippen molar-refractivity contribution in [3.63, 3.8) is 0 Å². The molecule has 0 aliphatic heterocycles. The third-order valence-electron chi connectivity index (χ3n) is 7.40. The van der Waals surface area contributed by atoms with E-state index in [-0.39, 0.29) is 73.0 Å². The Morgan fingerprint density at radius 3 is 2.26 bits per heavy atom. The highest BCUT2D eigenvalue weighted by atomic mass is 32.2. The summed E-state index contributed by atoms with van der Waals surface area (Å²) in [6, 6.07) is 4.06. The number of nitrogen functional groups attached to an aromatic ring is 1. The minimum Gasteiger partial charge on any atom is -0.481 e. The van der Waals surface area contributed by atoms with Crippen molar-refractivity contribution in [2.24, 2.45) is 11.7 Å². The van der Waals surface area contributed by atoms with Crippen molar-refractivity contribution >= 4 is 64.4 Å². The third kappa shape index (κ3) is 13.4. The number of imidazole rings is 1. The van der Waals surface area contributed by atoms with Crippen molar-refractivity contribution < 1.29 is 58.7 Å². The van der Waals surface area contributed by atoms with E-state index in [0.717, 1.165) is 17.3 Å². The van der Waals surface area contributed by atoms with E-state index in [0.29, 0.717) is 12.2 Å². The van der Waals surface area contributed by atoms with Crippen LogP contribution in [-0.2, 0) is 46.6 Å². The first-order chi connectivity index (χ1) is 25.2. The number of nitrogens with zero attached hydrogens (tertiary/aromatic N) is 4. The normalized spacial score (nSPS) is 12.7. The molecule has 0 fully saturated rings. The smallest absolute Gasteiger partial charge is 0.322 e. The Kier molecular flexibility index (Phi) is 16.0. The molecule has 2 heterocycles. The number of carbonyl (C=O) groups excluding carboxylic acids is 3. The van der Waals surface area contributed by atoms with Gasteiger partial charge in [0.25, 0.3) is 6.01 Å². The number of carboxylic acid groups (broad SMARTS) is 3. The largest absolute Gasteiger partial charge is 0.481 e. The summed E-state index contributed by atoms with van der Waals surface area (Å²) in [5, 5.41) is 45.1. The molecule has 21 nitrogen and oxygen atoms in total. The number of anilines is 1. The fourth-order valence-electron chi connectivity index (χ4n) is 4.55. The van der Waals surface area contributed by atoms with Crippen LogP contribution >= 0.6 is 11.8 Å². The lowest BCUT2D eigenvalue weighted by Crippen LogP contribution is -2.49. The topological polar surface area (TPSA) is 334 Å². The number of ether oxygens (including phenoxy) is 2. The molecule has 2 aromatic heterocycles. The SMILES string of the molecule is COCCOc1nc(N)c2nc(O)n(Cc3ccc(CNC(=O)CC(CSCC(NC(=O)CCC(N)C(=O)O)C(=O)NCC(=O)O)C(=O)O)cc3)c2n1. The molecule has 3 unspecified atom stereocenters. The summed E-state index contributed by atoms with van der Waals surface area (Å²) in [4.78, 5) is 83.7. The molecule has 53 heavy (non-hydrogen) atoms.